The summed E-state index contributed by atoms with van der Waals surface area (Å²) in [4.78, 5) is 4.36. The summed E-state index contributed by atoms with van der Waals surface area (Å²) in [5.41, 5.74) is 1.49. The van der Waals surface area contributed by atoms with Crippen LogP contribution in [0.3, 0.4) is 0 Å². The molecule has 1 aromatic heterocycles. The number of hydrogen-bond donors (Lipinski definition) is 1. The van der Waals surface area contributed by atoms with Crippen LogP contribution in [0.15, 0.2) is 30.6 Å². The average molecular weight is 285 g/mol. The van der Waals surface area contributed by atoms with Gasteiger partial charge in [0.2, 0.25) is 0 Å². The van der Waals surface area contributed by atoms with Gasteiger partial charge < -0.3 is 5.11 Å². The van der Waals surface area contributed by atoms with Crippen molar-refractivity contribution in [2.24, 2.45) is 0 Å². The summed E-state index contributed by atoms with van der Waals surface area (Å²) in [5.74, 6) is 1.36. The van der Waals surface area contributed by atoms with E-state index < -0.39 is 5.60 Å². The predicted molar refractivity (Wildman–Crippen MR) is 82.1 cm³/mol. The van der Waals surface area contributed by atoms with E-state index in [-0.39, 0.29) is 6.04 Å². The number of benzene rings is 1. The Morgan fingerprint density at radius 1 is 1.38 bits per heavy atom. The highest BCUT2D eigenvalue weighted by Crippen LogP contribution is 2.42. The maximum atomic E-state index is 11.2. The fourth-order valence-electron chi connectivity index (χ4n) is 3.37. The smallest absolute Gasteiger partial charge is 0.138 e. The summed E-state index contributed by atoms with van der Waals surface area (Å²) in [6, 6.07) is 8.51. The first kappa shape index (κ1) is 14.3. The predicted octanol–water partition coefficient (Wildman–Crippen LogP) is 3.19. The van der Waals surface area contributed by atoms with Gasteiger partial charge in [-0.15, -0.1) is 0 Å². The molecule has 2 atom stereocenters. The molecule has 4 nitrogen and oxygen atoms in total. The lowest BCUT2D eigenvalue weighted by molar-refractivity contribution is 0.0128. The maximum Gasteiger partial charge on any atom is 0.138 e. The molecule has 2 aromatic rings. The highest BCUT2D eigenvalue weighted by molar-refractivity contribution is 5.37. The zero-order valence-corrected chi connectivity index (χ0v) is 13.0. The van der Waals surface area contributed by atoms with Gasteiger partial charge in [-0.25, -0.2) is 9.67 Å². The van der Waals surface area contributed by atoms with E-state index in [1.54, 1.807) is 6.33 Å². The van der Waals surface area contributed by atoms with Crippen molar-refractivity contribution >= 4 is 0 Å². The Labute approximate surface area is 125 Å². The Morgan fingerprint density at radius 3 is 2.90 bits per heavy atom. The quantitative estimate of drug-likeness (QED) is 0.942. The van der Waals surface area contributed by atoms with Crippen molar-refractivity contribution in [2.75, 3.05) is 0 Å². The first-order valence-electron chi connectivity index (χ1n) is 7.71. The zero-order valence-electron chi connectivity index (χ0n) is 13.0. The van der Waals surface area contributed by atoms with Crippen molar-refractivity contribution in [1.82, 2.24) is 14.8 Å². The van der Waals surface area contributed by atoms with Gasteiger partial charge in [-0.3, -0.25) is 0 Å². The van der Waals surface area contributed by atoms with Crippen LogP contribution in [0.2, 0.25) is 0 Å². The summed E-state index contributed by atoms with van der Waals surface area (Å²) in [6.45, 7) is 6.40. The third-order valence-electron chi connectivity index (χ3n) is 4.57. The molecule has 0 radical (unpaired) electrons. The van der Waals surface area contributed by atoms with Crippen molar-refractivity contribution in [1.29, 1.82) is 0 Å². The van der Waals surface area contributed by atoms with E-state index >= 15 is 0 Å². The summed E-state index contributed by atoms with van der Waals surface area (Å²) >= 11 is 0. The highest BCUT2D eigenvalue weighted by Gasteiger charge is 2.38. The molecule has 3 rings (SSSR count). The third-order valence-corrected chi connectivity index (χ3v) is 4.57. The average Bonchev–Trinajstić information content (AvgIpc) is 2.92. The van der Waals surface area contributed by atoms with E-state index in [0.717, 1.165) is 24.2 Å². The van der Waals surface area contributed by atoms with Crippen molar-refractivity contribution in [3.8, 4) is 0 Å². The van der Waals surface area contributed by atoms with E-state index in [0.29, 0.717) is 12.3 Å². The summed E-state index contributed by atoms with van der Waals surface area (Å²) in [5, 5.41) is 15.5. The highest BCUT2D eigenvalue weighted by atomic mass is 16.3. The molecule has 2 unspecified atom stereocenters. The van der Waals surface area contributed by atoms with Crippen LogP contribution >= 0.6 is 0 Å². The van der Waals surface area contributed by atoms with Crippen LogP contribution in [0, 0.1) is 0 Å². The summed E-state index contributed by atoms with van der Waals surface area (Å²) in [7, 11) is 0. The molecule has 0 amide bonds. The molecule has 1 aliphatic rings. The maximum absolute atomic E-state index is 11.2. The zero-order chi connectivity index (χ0) is 15.0. The van der Waals surface area contributed by atoms with Gasteiger partial charge in [0.1, 0.15) is 12.2 Å². The Kier molecular flexibility index (Phi) is 3.57. The van der Waals surface area contributed by atoms with E-state index in [2.05, 4.69) is 49.1 Å². The van der Waals surface area contributed by atoms with Crippen LogP contribution in [-0.4, -0.2) is 19.9 Å². The molecule has 0 aliphatic heterocycles. The fraction of sp³-hybridized carbons (Fsp3) is 0.529. The van der Waals surface area contributed by atoms with Gasteiger partial charge >= 0.3 is 0 Å². The largest absolute Gasteiger partial charge is 0.385 e. The van der Waals surface area contributed by atoms with Gasteiger partial charge in [0.05, 0.1) is 5.60 Å². The second-order valence-electron chi connectivity index (χ2n) is 6.45. The second kappa shape index (κ2) is 5.26. The third kappa shape index (κ3) is 2.48. The topological polar surface area (TPSA) is 50.9 Å². The molecule has 1 aliphatic carbocycles. The minimum atomic E-state index is -0.831. The van der Waals surface area contributed by atoms with Crippen LogP contribution in [0.25, 0.3) is 0 Å². The van der Waals surface area contributed by atoms with Crippen LogP contribution in [0.1, 0.15) is 62.5 Å². The molecular formula is C17H23N3O. The molecule has 0 saturated heterocycles. The van der Waals surface area contributed by atoms with Crippen LogP contribution < -0.4 is 0 Å². The van der Waals surface area contributed by atoms with Crippen molar-refractivity contribution < 1.29 is 5.11 Å². The van der Waals surface area contributed by atoms with Gasteiger partial charge in [0.15, 0.2) is 0 Å². The number of fused-ring (bicyclic) bond motifs is 1. The van der Waals surface area contributed by atoms with Crippen LogP contribution in [-0.2, 0) is 12.0 Å². The van der Waals surface area contributed by atoms with E-state index in [9.17, 15) is 5.11 Å². The monoisotopic (exact) mass is 285 g/mol. The van der Waals surface area contributed by atoms with Gasteiger partial charge in [0.25, 0.3) is 0 Å². The number of rotatable bonds is 3. The molecule has 1 N–H and O–H groups in total. The Morgan fingerprint density at radius 2 is 2.14 bits per heavy atom. The van der Waals surface area contributed by atoms with E-state index in [4.69, 9.17) is 0 Å². The molecule has 0 saturated carbocycles. The van der Waals surface area contributed by atoms with Crippen LogP contribution in [0.4, 0.5) is 0 Å². The molecule has 112 valence electrons. The standard InChI is InChI=1S/C17H23N3O/c1-12(2)20-16(18-11-19-20)10-17(21)9-8-13(3)14-6-4-5-7-15(14)17/h4-7,11-13,21H,8-10H2,1-3H3. The molecule has 1 heterocycles. The van der Waals surface area contributed by atoms with Gasteiger partial charge in [-0.1, -0.05) is 31.2 Å². The number of aliphatic hydroxyl groups is 1. The van der Waals surface area contributed by atoms with Crippen molar-refractivity contribution in [3.63, 3.8) is 0 Å². The lowest BCUT2D eigenvalue weighted by Crippen LogP contribution is -2.35. The lowest BCUT2D eigenvalue weighted by atomic mass is 9.73. The second-order valence-corrected chi connectivity index (χ2v) is 6.45. The van der Waals surface area contributed by atoms with Crippen molar-refractivity contribution in [2.45, 2.75) is 57.6 Å². The molecule has 1 aromatic carbocycles. The molecule has 0 spiro atoms. The minimum absolute atomic E-state index is 0.254. The number of nitrogens with zero attached hydrogens (tertiary/aromatic N) is 3. The summed E-state index contributed by atoms with van der Waals surface area (Å²) < 4.78 is 1.90. The fourth-order valence-corrected chi connectivity index (χ4v) is 3.37. The van der Waals surface area contributed by atoms with Gasteiger partial charge in [0, 0.05) is 12.5 Å². The van der Waals surface area contributed by atoms with Crippen molar-refractivity contribution in [3.05, 3.63) is 47.5 Å². The first-order chi connectivity index (χ1) is 10.0. The molecule has 21 heavy (non-hydrogen) atoms. The van der Waals surface area contributed by atoms with Gasteiger partial charge in [-0.2, -0.15) is 5.10 Å². The Hall–Kier alpha value is -1.68. The molecule has 0 bridgehead atoms. The number of aromatic nitrogens is 3. The first-order valence-corrected chi connectivity index (χ1v) is 7.71. The Bertz CT molecular complexity index is 634. The SMILES string of the molecule is CC1CCC(O)(Cc2ncnn2C(C)C)c2ccccc21. The van der Waals surface area contributed by atoms with E-state index in [1.807, 2.05) is 10.7 Å². The summed E-state index contributed by atoms with van der Waals surface area (Å²) in [6.07, 6.45) is 3.88. The Balaban J connectivity index is 1.98. The van der Waals surface area contributed by atoms with Crippen LogP contribution in [0.5, 0.6) is 0 Å². The molecule has 4 heteroatoms. The lowest BCUT2D eigenvalue weighted by Gasteiger charge is -2.37. The molecule has 0 fully saturated rings. The number of hydrogen-bond acceptors (Lipinski definition) is 3. The van der Waals surface area contributed by atoms with E-state index in [1.165, 1.54) is 5.56 Å². The molecular weight excluding hydrogens is 262 g/mol. The van der Waals surface area contributed by atoms with Gasteiger partial charge in [-0.05, 0) is 43.7 Å². The minimum Gasteiger partial charge on any atom is -0.385 e. The normalized spacial score (nSPS) is 25.1.